The molecule has 0 aliphatic carbocycles. The first-order valence-corrected chi connectivity index (χ1v) is 16.2. The summed E-state index contributed by atoms with van der Waals surface area (Å²) >= 11 is 1.67. The lowest BCUT2D eigenvalue weighted by molar-refractivity contribution is -0.598. The van der Waals surface area contributed by atoms with Gasteiger partial charge in [0.05, 0.1) is 10.9 Å². The Morgan fingerprint density at radius 1 is 0.528 bits per heavy atom. The number of aryl methyl sites for hydroxylation is 3. The van der Waals surface area contributed by atoms with E-state index in [1.165, 1.54) is 44.7 Å². The molecule has 0 saturated carbocycles. The molecule has 0 atom stereocenters. The highest BCUT2D eigenvalue weighted by atomic mass is 127. The lowest BCUT2D eigenvalue weighted by atomic mass is 10.1. The quantitative estimate of drug-likeness (QED) is 0.160. The Labute approximate surface area is 232 Å². The van der Waals surface area contributed by atoms with E-state index in [2.05, 4.69) is 142 Å². The summed E-state index contributed by atoms with van der Waals surface area (Å²) in [6, 6.07) is 44.7. The number of rotatable bonds is 7. The Hall–Kier alpha value is -2.47. The standard InChI is InChI=1S/C33H29IS2/c1-24-22-25(2)33(26(3)23-24)34-27-14-16-28(17-15-27)35-29-18-20-32(21-19-29)36(30-10-6-4-7-11-30)31-12-8-5-9-13-31/h4-23H,1-3H3/q+2. The normalized spacial score (nSPS) is 11.1. The maximum absolute atomic E-state index is 2.32. The number of benzene rings is 5. The third-order valence-electron chi connectivity index (χ3n) is 5.85. The first-order chi connectivity index (χ1) is 17.6. The summed E-state index contributed by atoms with van der Waals surface area (Å²) in [5.74, 6) is 0. The Balaban J connectivity index is 1.32. The molecule has 0 amide bonds. The average molecular weight is 617 g/mol. The predicted octanol–water partition coefficient (Wildman–Crippen LogP) is 5.99. The highest BCUT2D eigenvalue weighted by molar-refractivity contribution is 7.99. The van der Waals surface area contributed by atoms with Gasteiger partial charge in [0, 0.05) is 20.9 Å². The third kappa shape index (κ3) is 6.08. The fraction of sp³-hybridized carbons (Fsp3) is 0.0909. The monoisotopic (exact) mass is 616 g/mol. The molecule has 5 rings (SSSR count). The molecule has 0 unspecified atom stereocenters. The molecule has 178 valence electrons. The van der Waals surface area contributed by atoms with Gasteiger partial charge in [-0.05, 0) is 93.6 Å². The smallest absolute Gasteiger partial charge is 0.0901 e. The van der Waals surface area contributed by atoms with Gasteiger partial charge >= 0.3 is 21.2 Å². The van der Waals surface area contributed by atoms with Crippen molar-refractivity contribution < 1.29 is 21.2 Å². The lowest BCUT2D eigenvalue weighted by Gasteiger charge is -2.08. The van der Waals surface area contributed by atoms with Gasteiger partial charge in [0.2, 0.25) is 0 Å². The van der Waals surface area contributed by atoms with Gasteiger partial charge in [-0.3, -0.25) is 0 Å². The second-order valence-corrected chi connectivity index (χ2v) is 14.8. The molecular weight excluding hydrogens is 587 g/mol. The summed E-state index contributed by atoms with van der Waals surface area (Å²) in [5, 5.41) is 0. The van der Waals surface area contributed by atoms with Crippen molar-refractivity contribution >= 4 is 22.7 Å². The van der Waals surface area contributed by atoms with Crippen LogP contribution in [0.15, 0.2) is 146 Å². The average Bonchev–Trinajstić information content (AvgIpc) is 2.90. The number of hydrogen-bond acceptors (Lipinski definition) is 1. The SMILES string of the molecule is Cc1cc(C)c([I+]c2ccc(Sc3ccc([S+](c4ccccc4)c4ccccc4)cc3)cc2)c(C)c1. The summed E-state index contributed by atoms with van der Waals surface area (Å²) in [6.45, 7) is 6.69. The number of hydrogen-bond donors (Lipinski definition) is 0. The van der Waals surface area contributed by atoms with E-state index in [-0.39, 0.29) is 32.1 Å². The lowest BCUT2D eigenvalue weighted by Crippen LogP contribution is -3.62. The van der Waals surface area contributed by atoms with Crippen molar-refractivity contribution in [2.45, 2.75) is 45.2 Å². The van der Waals surface area contributed by atoms with Crippen LogP contribution in [0.2, 0.25) is 0 Å². The molecule has 0 saturated heterocycles. The van der Waals surface area contributed by atoms with E-state index in [4.69, 9.17) is 0 Å². The molecular formula is C33H29IS2+2. The van der Waals surface area contributed by atoms with E-state index in [1.807, 2.05) is 11.8 Å². The van der Waals surface area contributed by atoms with Crippen molar-refractivity contribution in [1.82, 2.24) is 0 Å². The minimum atomic E-state index is -0.166. The van der Waals surface area contributed by atoms with Crippen molar-refractivity contribution in [3.63, 3.8) is 0 Å². The Bertz CT molecular complexity index is 1370. The van der Waals surface area contributed by atoms with E-state index in [1.54, 1.807) is 3.57 Å². The van der Waals surface area contributed by atoms with Gasteiger partial charge in [0.15, 0.2) is 21.8 Å². The highest BCUT2D eigenvalue weighted by Crippen LogP contribution is 2.33. The van der Waals surface area contributed by atoms with Crippen LogP contribution in [0.25, 0.3) is 0 Å². The first-order valence-electron chi connectivity index (χ1n) is 12.0. The Morgan fingerprint density at radius 3 is 1.47 bits per heavy atom. The molecule has 0 spiro atoms. The summed E-state index contributed by atoms with van der Waals surface area (Å²) in [5.41, 5.74) is 4.22. The van der Waals surface area contributed by atoms with E-state index >= 15 is 0 Å². The maximum Gasteiger partial charge on any atom is 0.358 e. The highest BCUT2D eigenvalue weighted by Gasteiger charge is 2.28. The van der Waals surface area contributed by atoms with Gasteiger partial charge in [-0.1, -0.05) is 65.9 Å². The molecule has 0 fully saturated rings. The Kier molecular flexibility index (Phi) is 8.20. The van der Waals surface area contributed by atoms with Crippen LogP contribution in [0.5, 0.6) is 0 Å². The summed E-state index contributed by atoms with van der Waals surface area (Å²) in [6.07, 6.45) is 0. The second kappa shape index (κ2) is 11.7. The van der Waals surface area contributed by atoms with Gasteiger partial charge in [0.25, 0.3) is 0 Å². The molecule has 5 aromatic carbocycles. The number of halogens is 1. The molecule has 3 heteroatoms. The zero-order valence-electron chi connectivity index (χ0n) is 20.7. The predicted molar refractivity (Wildman–Crippen MR) is 150 cm³/mol. The van der Waals surface area contributed by atoms with Crippen LogP contribution in [-0.4, -0.2) is 0 Å². The van der Waals surface area contributed by atoms with Crippen molar-refractivity contribution in [3.05, 3.63) is 145 Å². The van der Waals surface area contributed by atoms with Crippen molar-refractivity contribution in [2.75, 3.05) is 0 Å². The fourth-order valence-corrected chi connectivity index (χ4v) is 9.69. The van der Waals surface area contributed by atoms with Gasteiger partial charge in [-0.25, -0.2) is 0 Å². The van der Waals surface area contributed by atoms with Gasteiger partial charge in [-0.15, -0.1) is 0 Å². The minimum Gasteiger partial charge on any atom is -0.0901 e. The maximum atomic E-state index is 2.32. The Morgan fingerprint density at radius 2 is 0.972 bits per heavy atom. The minimum absolute atomic E-state index is 0.103. The molecule has 0 heterocycles. The largest absolute Gasteiger partial charge is 0.358 e. The zero-order chi connectivity index (χ0) is 24.9. The van der Waals surface area contributed by atoms with E-state index in [0.29, 0.717) is 0 Å². The zero-order valence-corrected chi connectivity index (χ0v) is 24.5. The van der Waals surface area contributed by atoms with E-state index < -0.39 is 0 Å². The van der Waals surface area contributed by atoms with E-state index in [0.717, 1.165) is 0 Å². The van der Waals surface area contributed by atoms with Crippen molar-refractivity contribution in [2.24, 2.45) is 0 Å². The topological polar surface area (TPSA) is 0 Å². The molecule has 5 aromatic rings. The molecule has 0 N–H and O–H groups in total. The summed E-state index contributed by atoms with van der Waals surface area (Å²) < 4.78 is 3.03. The van der Waals surface area contributed by atoms with E-state index in [9.17, 15) is 0 Å². The van der Waals surface area contributed by atoms with Crippen LogP contribution in [0.4, 0.5) is 0 Å². The van der Waals surface area contributed by atoms with Crippen LogP contribution in [0.3, 0.4) is 0 Å². The summed E-state index contributed by atoms with van der Waals surface area (Å²) in [4.78, 5) is 6.61. The van der Waals surface area contributed by atoms with Gasteiger partial charge in [0.1, 0.15) is 0 Å². The molecule has 0 bridgehead atoms. The molecule has 0 aromatic heterocycles. The fourth-order valence-electron chi connectivity index (χ4n) is 4.29. The molecule has 36 heavy (non-hydrogen) atoms. The van der Waals surface area contributed by atoms with Crippen LogP contribution in [-0.2, 0) is 10.9 Å². The molecule has 0 nitrogen and oxygen atoms in total. The first kappa shape index (κ1) is 25.2. The van der Waals surface area contributed by atoms with Crippen molar-refractivity contribution in [1.29, 1.82) is 0 Å². The van der Waals surface area contributed by atoms with Gasteiger partial charge in [-0.2, -0.15) is 0 Å². The molecule has 0 radical (unpaired) electrons. The van der Waals surface area contributed by atoms with Crippen molar-refractivity contribution in [3.8, 4) is 0 Å². The molecule has 0 aliphatic rings. The van der Waals surface area contributed by atoms with Crippen LogP contribution < -0.4 is 21.2 Å². The van der Waals surface area contributed by atoms with Crippen LogP contribution in [0.1, 0.15) is 16.7 Å². The van der Waals surface area contributed by atoms with Gasteiger partial charge < -0.3 is 0 Å². The molecule has 0 aliphatic heterocycles. The van der Waals surface area contributed by atoms with Crippen LogP contribution >= 0.6 is 11.8 Å². The van der Waals surface area contributed by atoms with Crippen LogP contribution in [0, 0.1) is 27.9 Å². The third-order valence-corrected chi connectivity index (χ3v) is 12.7. The second-order valence-electron chi connectivity index (χ2n) is 8.77. The summed E-state index contributed by atoms with van der Waals surface area (Å²) in [7, 11) is -0.103.